The molecular formula is C9H12O4S. The Kier molecular flexibility index (Phi) is 3.49. The lowest BCUT2D eigenvalue weighted by Crippen LogP contribution is -1.99. The van der Waals surface area contributed by atoms with E-state index in [9.17, 15) is 4.21 Å². The third kappa shape index (κ3) is 2.05. The molecule has 0 aliphatic rings. The quantitative estimate of drug-likeness (QED) is 0.779. The normalized spacial score (nSPS) is 12.3. The highest BCUT2D eigenvalue weighted by Gasteiger charge is 2.16. The standard InChI is InChI=1S/C9H12O4S/c1-6-4-7(12-2)9(14(10)11)8(5-6)13-3/h4-5H,1-3H3,(H,10,11). The van der Waals surface area contributed by atoms with Crippen molar-refractivity contribution in [1.82, 2.24) is 0 Å². The zero-order valence-electron chi connectivity index (χ0n) is 8.23. The van der Waals surface area contributed by atoms with Crippen LogP contribution in [0.1, 0.15) is 5.56 Å². The Morgan fingerprint density at radius 3 is 1.93 bits per heavy atom. The smallest absolute Gasteiger partial charge is 0.194 e. The van der Waals surface area contributed by atoms with Crippen LogP contribution >= 0.6 is 0 Å². The van der Waals surface area contributed by atoms with Crippen LogP contribution in [0.2, 0.25) is 0 Å². The van der Waals surface area contributed by atoms with Crippen molar-refractivity contribution in [2.75, 3.05) is 14.2 Å². The van der Waals surface area contributed by atoms with E-state index in [2.05, 4.69) is 0 Å². The third-order valence-electron chi connectivity index (χ3n) is 1.78. The second-order valence-corrected chi connectivity index (χ2v) is 3.65. The molecule has 1 aromatic rings. The molecule has 5 heteroatoms. The van der Waals surface area contributed by atoms with Crippen LogP contribution in [0.3, 0.4) is 0 Å². The van der Waals surface area contributed by atoms with E-state index in [0.29, 0.717) is 11.5 Å². The van der Waals surface area contributed by atoms with Gasteiger partial charge in [-0.25, -0.2) is 4.21 Å². The lowest BCUT2D eigenvalue weighted by Gasteiger charge is -2.10. The molecule has 1 N–H and O–H groups in total. The summed E-state index contributed by atoms with van der Waals surface area (Å²) in [6, 6.07) is 3.37. The third-order valence-corrected chi connectivity index (χ3v) is 2.53. The minimum atomic E-state index is -2.11. The number of aryl methyl sites for hydroxylation is 1. The van der Waals surface area contributed by atoms with E-state index >= 15 is 0 Å². The van der Waals surface area contributed by atoms with Gasteiger partial charge >= 0.3 is 0 Å². The van der Waals surface area contributed by atoms with E-state index in [1.54, 1.807) is 12.1 Å². The average Bonchev–Trinajstić information content (AvgIpc) is 2.15. The topological polar surface area (TPSA) is 55.8 Å². The number of ether oxygens (including phenoxy) is 2. The van der Waals surface area contributed by atoms with Gasteiger partial charge in [-0.15, -0.1) is 0 Å². The zero-order valence-corrected chi connectivity index (χ0v) is 9.05. The highest BCUT2D eigenvalue weighted by Crippen LogP contribution is 2.32. The summed E-state index contributed by atoms with van der Waals surface area (Å²) in [6.07, 6.45) is 0. The van der Waals surface area contributed by atoms with Crippen LogP contribution in [0.4, 0.5) is 0 Å². The van der Waals surface area contributed by atoms with Crippen LogP contribution in [0, 0.1) is 6.92 Å². The van der Waals surface area contributed by atoms with Gasteiger partial charge in [-0.1, -0.05) is 0 Å². The van der Waals surface area contributed by atoms with Crippen molar-refractivity contribution in [2.45, 2.75) is 11.8 Å². The van der Waals surface area contributed by atoms with Gasteiger partial charge in [-0.3, -0.25) is 0 Å². The van der Waals surface area contributed by atoms with E-state index in [0.717, 1.165) is 5.56 Å². The van der Waals surface area contributed by atoms with Crippen molar-refractivity contribution in [3.8, 4) is 11.5 Å². The molecule has 0 radical (unpaired) electrons. The van der Waals surface area contributed by atoms with Crippen LogP contribution in [-0.4, -0.2) is 23.0 Å². The van der Waals surface area contributed by atoms with Crippen molar-refractivity contribution < 1.29 is 18.2 Å². The Morgan fingerprint density at radius 1 is 1.21 bits per heavy atom. The molecule has 0 aliphatic heterocycles. The first-order chi connectivity index (χ1) is 6.60. The first-order valence-electron chi connectivity index (χ1n) is 3.93. The van der Waals surface area contributed by atoms with E-state index < -0.39 is 11.1 Å². The predicted octanol–water partition coefficient (Wildman–Crippen LogP) is 1.59. The van der Waals surface area contributed by atoms with Crippen molar-refractivity contribution in [3.05, 3.63) is 17.7 Å². The molecule has 0 saturated carbocycles. The Labute approximate surface area is 85.1 Å². The fourth-order valence-corrected chi connectivity index (χ4v) is 1.81. The molecule has 4 nitrogen and oxygen atoms in total. The van der Waals surface area contributed by atoms with Gasteiger partial charge in [-0.2, -0.15) is 0 Å². The molecule has 0 heterocycles. The van der Waals surface area contributed by atoms with Gasteiger partial charge in [-0.05, 0) is 24.6 Å². The summed E-state index contributed by atoms with van der Waals surface area (Å²) in [7, 11) is 2.90. The molecule has 1 rings (SSSR count). The fourth-order valence-electron chi connectivity index (χ4n) is 1.18. The van der Waals surface area contributed by atoms with Gasteiger partial charge in [0.15, 0.2) is 16.0 Å². The molecule has 0 spiro atoms. The Balaban J connectivity index is 3.40. The minimum absolute atomic E-state index is 0.167. The summed E-state index contributed by atoms with van der Waals surface area (Å²) < 4.78 is 30.1. The van der Waals surface area contributed by atoms with Crippen molar-refractivity contribution in [2.24, 2.45) is 0 Å². The maximum absolute atomic E-state index is 11.0. The lowest BCUT2D eigenvalue weighted by molar-refractivity contribution is 0.372. The molecule has 1 unspecified atom stereocenters. The molecule has 0 bridgehead atoms. The molecule has 1 atom stereocenters. The van der Waals surface area contributed by atoms with Crippen molar-refractivity contribution >= 4 is 11.1 Å². The van der Waals surface area contributed by atoms with Gasteiger partial charge in [0.25, 0.3) is 0 Å². The molecule has 1 aromatic carbocycles. The van der Waals surface area contributed by atoms with Crippen LogP contribution in [-0.2, 0) is 11.1 Å². The van der Waals surface area contributed by atoms with E-state index in [1.807, 2.05) is 6.92 Å². The van der Waals surface area contributed by atoms with E-state index in [1.165, 1.54) is 14.2 Å². The first-order valence-corrected chi connectivity index (χ1v) is 5.04. The summed E-state index contributed by atoms with van der Waals surface area (Å²) >= 11 is -2.11. The lowest BCUT2D eigenvalue weighted by atomic mass is 10.2. The monoisotopic (exact) mass is 216 g/mol. The maximum atomic E-state index is 11.0. The van der Waals surface area contributed by atoms with Crippen LogP contribution < -0.4 is 9.47 Å². The van der Waals surface area contributed by atoms with Gasteiger partial charge in [0, 0.05) is 0 Å². The molecule has 0 aliphatic carbocycles. The zero-order chi connectivity index (χ0) is 10.7. The summed E-state index contributed by atoms with van der Waals surface area (Å²) in [5.74, 6) is 0.727. The molecule has 78 valence electrons. The van der Waals surface area contributed by atoms with Gasteiger partial charge in [0.05, 0.1) is 14.2 Å². The van der Waals surface area contributed by atoms with E-state index in [4.69, 9.17) is 14.0 Å². The second kappa shape index (κ2) is 4.43. The number of methoxy groups -OCH3 is 2. The van der Waals surface area contributed by atoms with Crippen molar-refractivity contribution in [1.29, 1.82) is 0 Å². The van der Waals surface area contributed by atoms with Gasteiger partial charge in [0.1, 0.15) is 11.5 Å². The number of rotatable bonds is 3. The molecule has 0 saturated heterocycles. The molecule has 14 heavy (non-hydrogen) atoms. The fraction of sp³-hybridized carbons (Fsp3) is 0.333. The highest BCUT2D eigenvalue weighted by atomic mass is 32.2. The Morgan fingerprint density at radius 2 is 1.64 bits per heavy atom. The largest absolute Gasteiger partial charge is 0.495 e. The predicted molar refractivity (Wildman–Crippen MR) is 53.3 cm³/mol. The summed E-state index contributed by atoms with van der Waals surface area (Å²) in [6.45, 7) is 1.86. The van der Waals surface area contributed by atoms with Gasteiger partial charge in [0.2, 0.25) is 0 Å². The molecular weight excluding hydrogens is 204 g/mol. The van der Waals surface area contributed by atoms with Crippen molar-refractivity contribution in [3.63, 3.8) is 0 Å². The highest BCUT2D eigenvalue weighted by molar-refractivity contribution is 7.79. The molecule has 0 amide bonds. The Bertz CT molecular complexity index is 337. The SMILES string of the molecule is COc1cc(C)cc(OC)c1S(=O)O. The van der Waals surface area contributed by atoms with Gasteiger partial charge < -0.3 is 14.0 Å². The first kappa shape index (κ1) is 11.0. The summed E-state index contributed by atoms with van der Waals surface area (Å²) in [5, 5.41) is 0. The maximum Gasteiger partial charge on any atom is 0.194 e. The molecule has 0 fully saturated rings. The number of benzene rings is 1. The second-order valence-electron chi connectivity index (χ2n) is 2.75. The van der Waals surface area contributed by atoms with E-state index in [-0.39, 0.29) is 4.90 Å². The van der Waals surface area contributed by atoms with Crippen LogP contribution in [0.25, 0.3) is 0 Å². The van der Waals surface area contributed by atoms with Crippen LogP contribution in [0.5, 0.6) is 11.5 Å². The number of hydrogen-bond donors (Lipinski definition) is 1. The minimum Gasteiger partial charge on any atom is -0.495 e. The van der Waals surface area contributed by atoms with Crippen LogP contribution in [0.15, 0.2) is 17.0 Å². The summed E-state index contributed by atoms with van der Waals surface area (Å²) in [4.78, 5) is 0.167. The Hall–Kier alpha value is -1.07. The summed E-state index contributed by atoms with van der Waals surface area (Å²) in [5.41, 5.74) is 0.910. The average molecular weight is 216 g/mol. The number of hydrogen-bond acceptors (Lipinski definition) is 3. The molecule has 0 aromatic heterocycles.